The molecule has 0 saturated carbocycles. The molecule has 0 spiro atoms. The minimum absolute atomic E-state index is 0.0322. The molecule has 0 amide bonds. The Morgan fingerprint density at radius 2 is 1.64 bits per heavy atom. The Morgan fingerprint density at radius 1 is 1.21 bits per heavy atom. The van der Waals surface area contributed by atoms with Crippen molar-refractivity contribution >= 4 is 14.1 Å². The Balaban J connectivity index is 4.28. The van der Waals surface area contributed by atoms with E-state index >= 15 is 0 Å². The number of rotatable bonds is 5. The zero-order valence-electron chi connectivity index (χ0n) is 10.3. The summed E-state index contributed by atoms with van der Waals surface area (Å²) in [7, 11) is -1.72. The molecule has 84 valence electrons. The summed E-state index contributed by atoms with van der Waals surface area (Å²) in [6.45, 7) is 13.3. The van der Waals surface area contributed by atoms with Crippen LogP contribution in [0.2, 0.25) is 19.6 Å². The molecule has 0 aromatic carbocycles. The number of carbonyl (C=O) groups is 1. The maximum absolute atomic E-state index is 11.7. The van der Waals surface area contributed by atoms with Crippen LogP contribution in [0.25, 0.3) is 0 Å². The van der Waals surface area contributed by atoms with Gasteiger partial charge in [0.1, 0.15) is 0 Å². The average molecular weight is 218 g/mol. The second kappa shape index (κ2) is 4.55. The fraction of sp³-hybridized carbons (Fsp3) is 0.900. The van der Waals surface area contributed by atoms with Crippen molar-refractivity contribution in [3.8, 4) is 0 Å². The van der Waals surface area contributed by atoms with Gasteiger partial charge in [-0.1, -0.05) is 13.8 Å². The molecule has 0 bridgehead atoms. The van der Waals surface area contributed by atoms with Gasteiger partial charge in [0.05, 0.1) is 0 Å². The molecule has 0 aliphatic rings. The summed E-state index contributed by atoms with van der Waals surface area (Å²) in [4.78, 5) is 16.9. The highest BCUT2D eigenvalue weighted by Gasteiger charge is 2.33. The first-order chi connectivity index (χ1) is 6.06. The number of hydrogen-bond donors (Lipinski definition) is 0. The smallest absolute Gasteiger partial charge is 0.230 e. The molecule has 3 nitrogen and oxygen atoms in total. The molecule has 14 heavy (non-hydrogen) atoms. The lowest BCUT2D eigenvalue weighted by Crippen LogP contribution is -2.41. The van der Waals surface area contributed by atoms with Crippen LogP contribution in [0.4, 0.5) is 0 Å². The lowest BCUT2D eigenvalue weighted by Gasteiger charge is -2.28. The first kappa shape index (κ1) is 13.8. The van der Waals surface area contributed by atoms with Crippen molar-refractivity contribution in [2.75, 3.05) is 0 Å². The lowest BCUT2D eigenvalue weighted by atomic mass is 9.95. The highest BCUT2D eigenvalue weighted by atomic mass is 28.4. The van der Waals surface area contributed by atoms with Crippen LogP contribution in [0, 0.1) is 5.92 Å². The molecule has 0 rings (SSSR count). The van der Waals surface area contributed by atoms with Crippen LogP contribution in [0.15, 0.2) is 0 Å². The van der Waals surface area contributed by atoms with E-state index in [9.17, 15) is 4.79 Å². The summed E-state index contributed by atoms with van der Waals surface area (Å²) < 4.78 is 5.28. The van der Waals surface area contributed by atoms with Gasteiger partial charge in [0.25, 0.3) is 0 Å². The van der Waals surface area contributed by atoms with E-state index in [0.717, 1.165) is 0 Å². The molecule has 0 atom stereocenters. The zero-order valence-corrected chi connectivity index (χ0v) is 11.3. The van der Waals surface area contributed by atoms with E-state index in [1.165, 1.54) is 0 Å². The molecule has 0 aliphatic carbocycles. The Hall–Kier alpha value is -0.193. The number of Topliss-reactive ketones (excluding diaryl/α,β-unsaturated/α-hetero) is 1. The van der Waals surface area contributed by atoms with Gasteiger partial charge >= 0.3 is 0 Å². The van der Waals surface area contributed by atoms with E-state index in [-0.39, 0.29) is 11.7 Å². The fourth-order valence-electron chi connectivity index (χ4n) is 0.965. The number of ketones is 1. The first-order valence-electron chi connectivity index (χ1n) is 4.97. The van der Waals surface area contributed by atoms with Gasteiger partial charge in [0.15, 0.2) is 11.4 Å². The van der Waals surface area contributed by atoms with Crippen molar-refractivity contribution < 1.29 is 14.3 Å². The van der Waals surface area contributed by atoms with E-state index in [1.807, 2.05) is 33.5 Å². The second-order valence-corrected chi connectivity index (χ2v) is 9.70. The zero-order chi connectivity index (χ0) is 11.6. The van der Waals surface area contributed by atoms with Crippen molar-refractivity contribution in [1.29, 1.82) is 0 Å². The van der Waals surface area contributed by atoms with Gasteiger partial charge in [-0.3, -0.25) is 9.37 Å². The molecule has 0 radical (unpaired) electrons. The molecule has 0 unspecified atom stereocenters. The Bertz CT molecular complexity index is 204. The summed E-state index contributed by atoms with van der Waals surface area (Å²) in [5.41, 5.74) is -0.839. The SMILES string of the molecule is CC(C)C(=O)C(C)(C)OO[Si](C)(C)C. The van der Waals surface area contributed by atoms with Gasteiger partial charge in [-0.05, 0) is 33.5 Å². The third-order valence-electron chi connectivity index (χ3n) is 1.62. The van der Waals surface area contributed by atoms with Crippen LogP contribution < -0.4 is 0 Å². The van der Waals surface area contributed by atoms with Gasteiger partial charge in [0.2, 0.25) is 8.32 Å². The summed E-state index contributed by atoms with van der Waals surface area (Å²) in [5, 5.41) is 0. The van der Waals surface area contributed by atoms with Crippen LogP contribution in [-0.2, 0) is 14.3 Å². The van der Waals surface area contributed by atoms with Gasteiger partial charge in [-0.25, -0.2) is 4.89 Å². The highest BCUT2D eigenvalue weighted by Crippen LogP contribution is 2.19. The van der Waals surface area contributed by atoms with E-state index in [4.69, 9.17) is 9.46 Å². The molecular formula is C10H22O3Si. The molecular weight excluding hydrogens is 196 g/mol. The predicted molar refractivity (Wildman–Crippen MR) is 59.4 cm³/mol. The van der Waals surface area contributed by atoms with Crippen LogP contribution in [-0.4, -0.2) is 19.7 Å². The molecule has 0 aromatic rings. The third kappa shape index (κ3) is 4.88. The van der Waals surface area contributed by atoms with Crippen LogP contribution >= 0.6 is 0 Å². The van der Waals surface area contributed by atoms with Gasteiger partial charge < -0.3 is 0 Å². The molecule has 4 heteroatoms. The van der Waals surface area contributed by atoms with Gasteiger partial charge in [-0.2, -0.15) is 0 Å². The summed E-state index contributed by atoms with van der Waals surface area (Å²) >= 11 is 0. The maximum atomic E-state index is 11.7. The Labute approximate surface area is 87.8 Å². The average Bonchev–Trinajstić information content (AvgIpc) is 1.98. The second-order valence-electron chi connectivity index (χ2n) is 5.31. The Kier molecular flexibility index (Phi) is 4.49. The normalized spacial score (nSPS) is 13.4. The minimum atomic E-state index is -1.72. The largest absolute Gasteiger partial charge is 0.296 e. The molecule has 0 saturated heterocycles. The van der Waals surface area contributed by atoms with Crippen LogP contribution in [0.5, 0.6) is 0 Å². The van der Waals surface area contributed by atoms with E-state index < -0.39 is 13.9 Å². The molecule has 0 N–H and O–H groups in total. The van der Waals surface area contributed by atoms with Crippen molar-refractivity contribution in [3.63, 3.8) is 0 Å². The predicted octanol–water partition coefficient (Wildman–Crippen LogP) is 2.77. The quantitative estimate of drug-likeness (QED) is 0.404. The van der Waals surface area contributed by atoms with Gasteiger partial charge in [0, 0.05) is 5.92 Å². The molecule has 0 aliphatic heterocycles. The number of hydrogen-bond acceptors (Lipinski definition) is 3. The highest BCUT2D eigenvalue weighted by molar-refractivity contribution is 6.69. The van der Waals surface area contributed by atoms with Crippen molar-refractivity contribution in [2.24, 2.45) is 5.92 Å². The monoisotopic (exact) mass is 218 g/mol. The molecule has 0 fully saturated rings. The Morgan fingerprint density at radius 3 is 1.93 bits per heavy atom. The van der Waals surface area contributed by atoms with Crippen LogP contribution in [0.3, 0.4) is 0 Å². The standard InChI is InChI=1S/C10H22O3Si/c1-8(2)9(11)10(3,4)12-13-14(5,6)7/h8H,1-7H3. The minimum Gasteiger partial charge on any atom is -0.296 e. The van der Waals surface area contributed by atoms with Crippen molar-refractivity contribution in [2.45, 2.75) is 52.9 Å². The van der Waals surface area contributed by atoms with E-state index in [2.05, 4.69) is 0 Å². The van der Waals surface area contributed by atoms with Crippen molar-refractivity contribution in [3.05, 3.63) is 0 Å². The summed E-state index contributed by atoms with van der Waals surface area (Å²) in [6.07, 6.45) is 0. The topological polar surface area (TPSA) is 35.5 Å². The summed E-state index contributed by atoms with van der Waals surface area (Å²) in [5.74, 6) is 0.0333. The lowest BCUT2D eigenvalue weighted by molar-refractivity contribution is -0.281. The third-order valence-corrected chi connectivity index (χ3v) is 2.20. The molecule has 0 aromatic heterocycles. The number of carbonyl (C=O) groups excluding carboxylic acids is 1. The van der Waals surface area contributed by atoms with Crippen molar-refractivity contribution in [1.82, 2.24) is 0 Å². The summed E-state index contributed by atoms with van der Waals surface area (Å²) in [6, 6.07) is 0. The maximum Gasteiger partial charge on any atom is 0.230 e. The van der Waals surface area contributed by atoms with Crippen LogP contribution in [0.1, 0.15) is 27.7 Å². The molecule has 0 heterocycles. The fourth-order valence-corrected chi connectivity index (χ4v) is 1.42. The van der Waals surface area contributed by atoms with E-state index in [1.54, 1.807) is 13.8 Å². The van der Waals surface area contributed by atoms with Gasteiger partial charge in [-0.15, -0.1) is 0 Å². The first-order valence-corrected chi connectivity index (χ1v) is 8.38. The van der Waals surface area contributed by atoms with E-state index in [0.29, 0.717) is 0 Å².